The molecular formula is C13H14BrNOS. The fourth-order valence-corrected chi connectivity index (χ4v) is 2.63. The van der Waals surface area contributed by atoms with Crippen molar-refractivity contribution in [2.24, 2.45) is 0 Å². The summed E-state index contributed by atoms with van der Waals surface area (Å²) in [5.74, 6) is 0. The molecule has 4 heteroatoms. The van der Waals surface area contributed by atoms with E-state index in [4.69, 9.17) is 0 Å². The lowest BCUT2D eigenvalue weighted by molar-refractivity contribution is 0.0567. The number of benzene rings is 1. The highest BCUT2D eigenvalue weighted by Gasteiger charge is 2.24. The first-order valence-electron chi connectivity index (χ1n) is 5.37. The van der Waals surface area contributed by atoms with Gasteiger partial charge in [0, 0.05) is 16.3 Å². The standard InChI is InChI=1S/C13H14BrNOS/c1-9-15-12(8-17-9)7-13(2,16)10-3-5-11(14)6-4-10/h3-6,8,16H,7H2,1-2H3. The second-order valence-electron chi connectivity index (χ2n) is 4.32. The normalized spacial score (nSPS) is 14.6. The Morgan fingerprint density at radius 3 is 2.53 bits per heavy atom. The van der Waals surface area contributed by atoms with Crippen LogP contribution in [0.25, 0.3) is 0 Å². The van der Waals surface area contributed by atoms with Crippen molar-refractivity contribution < 1.29 is 5.11 Å². The van der Waals surface area contributed by atoms with Gasteiger partial charge in [0.25, 0.3) is 0 Å². The zero-order valence-electron chi connectivity index (χ0n) is 9.77. The van der Waals surface area contributed by atoms with Gasteiger partial charge in [0.05, 0.1) is 16.3 Å². The highest BCUT2D eigenvalue weighted by atomic mass is 79.9. The van der Waals surface area contributed by atoms with Crippen LogP contribution in [-0.2, 0) is 12.0 Å². The van der Waals surface area contributed by atoms with Gasteiger partial charge in [-0.15, -0.1) is 11.3 Å². The Morgan fingerprint density at radius 1 is 1.35 bits per heavy atom. The highest BCUT2D eigenvalue weighted by molar-refractivity contribution is 9.10. The Bertz CT molecular complexity index is 504. The lowest BCUT2D eigenvalue weighted by Gasteiger charge is -2.23. The summed E-state index contributed by atoms with van der Waals surface area (Å²) in [5.41, 5.74) is 0.980. The van der Waals surface area contributed by atoms with Gasteiger partial charge in [-0.25, -0.2) is 4.98 Å². The molecule has 0 spiro atoms. The molecule has 1 heterocycles. The summed E-state index contributed by atoms with van der Waals surface area (Å²) >= 11 is 5.00. The molecule has 0 fully saturated rings. The molecule has 2 nitrogen and oxygen atoms in total. The maximum absolute atomic E-state index is 10.5. The van der Waals surface area contributed by atoms with Crippen LogP contribution in [0.15, 0.2) is 34.1 Å². The van der Waals surface area contributed by atoms with Gasteiger partial charge in [-0.2, -0.15) is 0 Å². The maximum atomic E-state index is 10.5. The van der Waals surface area contributed by atoms with E-state index in [0.29, 0.717) is 6.42 Å². The summed E-state index contributed by atoms with van der Waals surface area (Å²) in [4.78, 5) is 4.39. The number of hydrogen-bond donors (Lipinski definition) is 1. The molecule has 1 unspecified atom stereocenters. The van der Waals surface area contributed by atoms with Crippen molar-refractivity contribution in [2.75, 3.05) is 0 Å². The van der Waals surface area contributed by atoms with Gasteiger partial charge in [0.1, 0.15) is 0 Å². The summed E-state index contributed by atoms with van der Waals surface area (Å²) in [5, 5.41) is 13.5. The molecule has 0 aliphatic heterocycles. The summed E-state index contributed by atoms with van der Waals surface area (Å²) < 4.78 is 1.02. The zero-order valence-corrected chi connectivity index (χ0v) is 12.2. The molecule has 0 radical (unpaired) electrons. The van der Waals surface area contributed by atoms with E-state index in [-0.39, 0.29) is 0 Å². The van der Waals surface area contributed by atoms with Gasteiger partial charge in [-0.05, 0) is 31.5 Å². The predicted molar refractivity (Wildman–Crippen MR) is 74.3 cm³/mol. The van der Waals surface area contributed by atoms with E-state index in [2.05, 4.69) is 20.9 Å². The fraction of sp³-hybridized carbons (Fsp3) is 0.308. The van der Waals surface area contributed by atoms with Gasteiger partial charge in [0.15, 0.2) is 0 Å². The van der Waals surface area contributed by atoms with Crippen LogP contribution in [0.5, 0.6) is 0 Å². The van der Waals surface area contributed by atoms with Crippen molar-refractivity contribution in [3.05, 3.63) is 50.4 Å². The molecular weight excluding hydrogens is 298 g/mol. The first kappa shape index (κ1) is 12.7. The molecule has 0 amide bonds. The van der Waals surface area contributed by atoms with Gasteiger partial charge in [0.2, 0.25) is 0 Å². The number of halogens is 1. The number of aryl methyl sites for hydroxylation is 1. The van der Waals surface area contributed by atoms with Crippen LogP contribution in [0.2, 0.25) is 0 Å². The molecule has 90 valence electrons. The average Bonchev–Trinajstić information content (AvgIpc) is 2.63. The van der Waals surface area contributed by atoms with Crippen molar-refractivity contribution in [1.82, 2.24) is 4.98 Å². The quantitative estimate of drug-likeness (QED) is 0.938. The molecule has 0 aliphatic rings. The van der Waals surface area contributed by atoms with E-state index in [1.165, 1.54) is 0 Å². The van der Waals surface area contributed by atoms with Crippen LogP contribution in [0, 0.1) is 6.92 Å². The van der Waals surface area contributed by atoms with Crippen molar-refractivity contribution in [1.29, 1.82) is 0 Å². The monoisotopic (exact) mass is 311 g/mol. The number of hydrogen-bond acceptors (Lipinski definition) is 3. The van der Waals surface area contributed by atoms with E-state index in [0.717, 1.165) is 20.7 Å². The van der Waals surface area contributed by atoms with Crippen LogP contribution in [-0.4, -0.2) is 10.1 Å². The molecule has 1 atom stereocenters. The molecule has 0 saturated carbocycles. The maximum Gasteiger partial charge on any atom is 0.0924 e. The summed E-state index contributed by atoms with van der Waals surface area (Å²) in [6.45, 7) is 3.80. The van der Waals surface area contributed by atoms with Crippen molar-refractivity contribution in [2.45, 2.75) is 25.9 Å². The lowest BCUT2D eigenvalue weighted by atomic mass is 9.91. The number of thiazole rings is 1. The SMILES string of the molecule is Cc1nc(CC(C)(O)c2ccc(Br)cc2)cs1. The number of aliphatic hydroxyl groups is 1. The minimum Gasteiger partial charge on any atom is -0.385 e. The van der Waals surface area contributed by atoms with Gasteiger partial charge < -0.3 is 5.11 Å². The molecule has 1 aromatic carbocycles. The van der Waals surface area contributed by atoms with E-state index in [9.17, 15) is 5.11 Å². The van der Waals surface area contributed by atoms with Crippen molar-refractivity contribution in [3.63, 3.8) is 0 Å². The zero-order chi connectivity index (χ0) is 12.5. The molecule has 0 saturated heterocycles. The lowest BCUT2D eigenvalue weighted by Crippen LogP contribution is -2.24. The van der Waals surface area contributed by atoms with E-state index >= 15 is 0 Å². The average molecular weight is 312 g/mol. The van der Waals surface area contributed by atoms with Crippen molar-refractivity contribution >= 4 is 27.3 Å². The summed E-state index contributed by atoms with van der Waals surface area (Å²) in [6, 6.07) is 7.75. The number of nitrogens with zero attached hydrogens (tertiary/aromatic N) is 1. The molecule has 0 bridgehead atoms. The largest absolute Gasteiger partial charge is 0.385 e. The number of rotatable bonds is 3. The third-order valence-electron chi connectivity index (χ3n) is 2.66. The Morgan fingerprint density at radius 2 is 2.00 bits per heavy atom. The molecule has 1 aromatic heterocycles. The van der Waals surface area contributed by atoms with E-state index in [1.807, 2.05) is 43.5 Å². The first-order chi connectivity index (χ1) is 7.97. The van der Waals surface area contributed by atoms with Crippen LogP contribution in [0.3, 0.4) is 0 Å². The second-order valence-corrected chi connectivity index (χ2v) is 6.29. The van der Waals surface area contributed by atoms with E-state index < -0.39 is 5.60 Å². The smallest absolute Gasteiger partial charge is 0.0924 e. The first-order valence-corrected chi connectivity index (χ1v) is 7.04. The van der Waals surface area contributed by atoms with Crippen LogP contribution in [0.1, 0.15) is 23.2 Å². The Balaban J connectivity index is 2.21. The Kier molecular flexibility index (Phi) is 3.66. The van der Waals surface area contributed by atoms with Gasteiger partial charge >= 0.3 is 0 Å². The molecule has 0 aliphatic carbocycles. The molecule has 17 heavy (non-hydrogen) atoms. The van der Waals surface area contributed by atoms with Crippen LogP contribution in [0.4, 0.5) is 0 Å². The Labute approximate surface area is 113 Å². The van der Waals surface area contributed by atoms with Crippen LogP contribution >= 0.6 is 27.3 Å². The third kappa shape index (κ3) is 3.15. The minimum atomic E-state index is -0.874. The predicted octanol–water partition coefficient (Wildman–Crippen LogP) is 3.66. The minimum absolute atomic E-state index is 0.541. The molecule has 2 aromatic rings. The second kappa shape index (κ2) is 4.88. The Hall–Kier alpha value is -0.710. The van der Waals surface area contributed by atoms with Crippen molar-refractivity contribution in [3.8, 4) is 0 Å². The van der Waals surface area contributed by atoms with E-state index in [1.54, 1.807) is 11.3 Å². The fourth-order valence-electron chi connectivity index (χ4n) is 1.75. The molecule has 1 N–H and O–H groups in total. The molecule has 2 rings (SSSR count). The highest BCUT2D eigenvalue weighted by Crippen LogP contribution is 2.27. The van der Waals surface area contributed by atoms with Gasteiger partial charge in [-0.3, -0.25) is 0 Å². The topological polar surface area (TPSA) is 33.1 Å². The van der Waals surface area contributed by atoms with Crippen LogP contribution < -0.4 is 0 Å². The van der Waals surface area contributed by atoms with Gasteiger partial charge in [-0.1, -0.05) is 28.1 Å². The summed E-state index contributed by atoms with van der Waals surface area (Å²) in [7, 11) is 0. The number of aromatic nitrogens is 1. The summed E-state index contributed by atoms with van der Waals surface area (Å²) in [6.07, 6.45) is 0.541. The third-order valence-corrected chi connectivity index (χ3v) is 4.01.